The number of benzene rings is 2. The van der Waals surface area contributed by atoms with E-state index in [9.17, 15) is 4.39 Å². The van der Waals surface area contributed by atoms with Crippen molar-refractivity contribution in [1.29, 1.82) is 0 Å². The Kier molecular flexibility index (Phi) is 7.60. The fourth-order valence-electron chi connectivity index (χ4n) is 3.04. The number of ether oxygens (including phenoxy) is 3. The SMILES string of the molecule is C=CCOc1cc(C)c(Cc2ccc(OCOC)c(-c3ccccc3)n2)c(Br)c1F. The number of nitrogens with zero attached hydrogens (tertiary/aromatic N) is 1. The Morgan fingerprint density at radius 2 is 1.87 bits per heavy atom. The van der Waals surface area contributed by atoms with Crippen LogP contribution in [0, 0.1) is 12.7 Å². The fourth-order valence-corrected chi connectivity index (χ4v) is 3.69. The molecule has 1 aromatic heterocycles. The molecule has 0 atom stereocenters. The maximum atomic E-state index is 14.8. The van der Waals surface area contributed by atoms with Crippen LogP contribution in [-0.4, -0.2) is 25.5 Å². The van der Waals surface area contributed by atoms with Gasteiger partial charge in [0.15, 0.2) is 18.4 Å². The molecule has 0 aliphatic rings. The molecule has 3 rings (SSSR count). The van der Waals surface area contributed by atoms with E-state index in [1.54, 1.807) is 19.3 Å². The maximum Gasteiger partial charge on any atom is 0.188 e. The molecular weight excluding hydrogens is 449 g/mol. The molecule has 30 heavy (non-hydrogen) atoms. The van der Waals surface area contributed by atoms with E-state index in [-0.39, 0.29) is 19.1 Å². The molecule has 0 saturated heterocycles. The van der Waals surface area contributed by atoms with Crippen molar-refractivity contribution in [1.82, 2.24) is 4.98 Å². The highest BCUT2D eigenvalue weighted by Crippen LogP contribution is 2.34. The molecule has 6 heteroatoms. The monoisotopic (exact) mass is 471 g/mol. The van der Waals surface area contributed by atoms with E-state index < -0.39 is 5.82 Å². The lowest BCUT2D eigenvalue weighted by Crippen LogP contribution is -2.05. The molecule has 0 aliphatic carbocycles. The molecule has 0 spiro atoms. The van der Waals surface area contributed by atoms with Crippen LogP contribution in [0.15, 0.2) is 65.7 Å². The summed E-state index contributed by atoms with van der Waals surface area (Å²) in [6.07, 6.45) is 2.04. The normalized spacial score (nSPS) is 10.7. The molecule has 156 valence electrons. The van der Waals surface area contributed by atoms with Crippen LogP contribution in [0.25, 0.3) is 11.3 Å². The summed E-state index contributed by atoms with van der Waals surface area (Å²) in [6.45, 7) is 5.89. The van der Waals surface area contributed by atoms with E-state index in [1.807, 2.05) is 49.4 Å². The standard InChI is InChI=1S/C24H23BrFNO3/c1-4-12-29-21-13-16(2)19(22(25)23(21)26)14-18-10-11-20(30-15-28-3)24(27-18)17-8-6-5-7-9-17/h4-11,13H,1,12,14-15H2,2-3H3. The van der Waals surface area contributed by atoms with Crippen molar-refractivity contribution in [3.8, 4) is 22.8 Å². The van der Waals surface area contributed by atoms with Gasteiger partial charge in [-0.3, -0.25) is 0 Å². The van der Waals surface area contributed by atoms with Gasteiger partial charge in [-0.1, -0.05) is 43.0 Å². The third kappa shape index (κ3) is 5.07. The number of hydrogen-bond donors (Lipinski definition) is 0. The molecule has 0 bridgehead atoms. The number of aromatic nitrogens is 1. The topological polar surface area (TPSA) is 40.6 Å². The van der Waals surface area contributed by atoms with E-state index in [4.69, 9.17) is 19.2 Å². The molecule has 0 unspecified atom stereocenters. The van der Waals surface area contributed by atoms with Gasteiger partial charge in [-0.2, -0.15) is 0 Å². The number of hydrogen-bond acceptors (Lipinski definition) is 4. The number of halogens is 2. The first-order valence-electron chi connectivity index (χ1n) is 9.43. The molecule has 0 radical (unpaired) electrons. The molecule has 4 nitrogen and oxygen atoms in total. The Hall–Kier alpha value is -2.70. The quantitative estimate of drug-likeness (QED) is 0.279. The van der Waals surface area contributed by atoms with Crippen molar-refractivity contribution in [2.24, 2.45) is 0 Å². The summed E-state index contributed by atoms with van der Waals surface area (Å²) in [7, 11) is 1.57. The number of aryl methyl sites for hydroxylation is 1. The second kappa shape index (κ2) is 10.4. The minimum Gasteiger partial charge on any atom is -0.486 e. The van der Waals surface area contributed by atoms with Gasteiger partial charge in [-0.05, 0) is 52.2 Å². The van der Waals surface area contributed by atoms with Crippen LogP contribution in [0.1, 0.15) is 16.8 Å². The summed E-state index contributed by atoms with van der Waals surface area (Å²) in [5.41, 5.74) is 4.16. The Labute approximate surface area is 184 Å². The zero-order chi connectivity index (χ0) is 21.5. The van der Waals surface area contributed by atoms with Crippen LogP contribution in [0.3, 0.4) is 0 Å². The Bertz CT molecular complexity index is 1020. The minimum atomic E-state index is -0.430. The number of pyridine rings is 1. The largest absolute Gasteiger partial charge is 0.486 e. The summed E-state index contributed by atoms with van der Waals surface area (Å²) in [6, 6.07) is 15.2. The van der Waals surface area contributed by atoms with E-state index in [1.165, 1.54) is 0 Å². The Balaban J connectivity index is 1.97. The first-order valence-corrected chi connectivity index (χ1v) is 10.2. The predicted octanol–water partition coefficient (Wildman–Crippen LogP) is 6.10. The maximum absolute atomic E-state index is 14.8. The van der Waals surface area contributed by atoms with E-state index in [0.717, 1.165) is 22.4 Å². The molecule has 2 aromatic carbocycles. The lowest BCUT2D eigenvalue weighted by atomic mass is 10.0. The Morgan fingerprint density at radius 3 is 2.57 bits per heavy atom. The number of rotatable bonds is 9. The second-order valence-electron chi connectivity index (χ2n) is 6.64. The van der Waals surface area contributed by atoms with Crippen molar-refractivity contribution < 1.29 is 18.6 Å². The van der Waals surface area contributed by atoms with Crippen LogP contribution in [0.2, 0.25) is 0 Å². The summed E-state index contributed by atoms with van der Waals surface area (Å²) in [5.74, 6) is 0.395. The lowest BCUT2D eigenvalue weighted by molar-refractivity contribution is 0.0513. The summed E-state index contributed by atoms with van der Waals surface area (Å²) in [4.78, 5) is 4.81. The molecule has 3 aromatic rings. The molecule has 0 aliphatic heterocycles. The van der Waals surface area contributed by atoms with Gasteiger partial charge in [-0.15, -0.1) is 0 Å². The van der Waals surface area contributed by atoms with Gasteiger partial charge in [-0.25, -0.2) is 9.37 Å². The van der Waals surface area contributed by atoms with Crippen molar-refractivity contribution in [3.05, 3.63) is 88.3 Å². The summed E-state index contributed by atoms with van der Waals surface area (Å²) in [5, 5.41) is 0. The predicted molar refractivity (Wildman–Crippen MR) is 120 cm³/mol. The molecule has 0 N–H and O–H groups in total. The molecule has 0 saturated carbocycles. The smallest absolute Gasteiger partial charge is 0.188 e. The highest BCUT2D eigenvalue weighted by molar-refractivity contribution is 9.10. The van der Waals surface area contributed by atoms with Crippen LogP contribution in [-0.2, 0) is 11.2 Å². The second-order valence-corrected chi connectivity index (χ2v) is 7.43. The van der Waals surface area contributed by atoms with E-state index in [0.29, 0.717) is 22.3 Å². The summed E-state index contributed by atoms with van der Waals surface area (Å²) >= 11 is 3.39. The fraction of sp³-hybridized carbons (Fsp3) is 0.208. The van der Waals surface area contributed by atoms with Crippen molar-refractivity contribution >= 4 is 15.9 Å². The van der Waals surface area contributed by atoms with E-state index >= 15 is 0 Å². The van der Waals surface area contributed by atoms with Gasteiger partial charge in [0.25, 0.3) is 0 Å². The van der Waals surface area contributed by atoms with Crippen molar-refractivity contribution in [2.45, 2.75) is 13.3 Å². The van der Waals surface area contributed by atoms with Crippen LogP contribution < -0.4 is 9.47 Å². The zero-order valence-corrected chi connectivity index (χ0v) is 18.5. The first-order chi connectivity index (χ1) is 14.5. The van der Waals surface area contributed by atoms with Gasteiger partial charge >= 0.3 is 0 Å². The molecule has 0 fully saturated rings. The van der Waals surface area contributed by atoms with Gasteiger partial charge in [0.1, 0.15) is 18.1 Å². The highest BCUT2D eigenvalue weighted by atomic mass is 79.9. The van der Waals surface area contributed by atoms with Gasteiger partial charge < -0.3 is 14.2 Å². The van der Waals surface area contributed by atoms with Crippen molar-refractivity contribution in [3.63, 3.8) is 0 Å². The van der Waals surface area contributed by atoms with E-state index in [2.05, 4.69) is 22.5 Å². The highest BCUT2D eigenvalue weighted by Gasteiger charge is 2.17. The molecular formula is C24H23BrFNO3. The lowest BCUT2D eigenvalue weighted by Gasteiger charge is -2.15. The minimum absolute atomic E-state index is 0.128. The number of methoxy groups -OCH3 is 1. The Morgan fingerprint density at radius 1 is 1.10 bits per heavy atom. The van der Waals surface area contributed by atoms with Gasteiger partial charge in [0.05, 0.1) is 4.47 Å². The first kappa shape index (κ1) is 22.0. The third-order valence-corrected chi connectivity index (χ3v) is 5.33. The average Bonchev–Trinajstić information content (AvgIpc) is 2.77. The molecule has 0 amide bonds. The molecule has 1 heterocycles. The van der Waals surface area contributed by atoms with Crippen LogP contribution in [0.4, 0.5) is 4.39 Å². The van der Waals surface area contributed by atoms with Gasteiger partial charge in [0, 0.05) is 24.8 Å². The zero-order valence-electron chi connectivity index (χ0n) is 17.0. The van der Waals surface area contributed by atoms with Gasteiger partial charge in [0.2, 0.25) is 0 Å². The average molecular weight is 472 g/mol. The van der Waals surface area contributed by atoms with Crippen LogP contribution >= 0.6 is 15.9 Å². The summed E-state index contributed by atoms with van der Waals surface area (Å²) < 4.78 is 31.3. The van der Waals surface area contributed by atoms with Crippen LogP contribution in [0.5, 0.6) is 11.5 Å². The third-order valence-electron chi connectivity index (χ3n) is 4.51. The van der Waals surface area contributed by atoms with Crippen molar-refractivity contribution in [2.75, 3.05) is 20.5 Å².